The Morgan fingerprint density at radius 2 is 1.79 bits per heavy atom. The molecule has 0 aliphatic carbocycles. The summed E-state index contributed by atoms with van der Waals surface area (Å²) in [5.74, 6) is -2.24. The molecule has 4 aliphatic heterocycles. The Kier molecular flexibility index (Phi) is 6.20. The fourth-order valence-electron chi connectivity index (χ4n) is 7.89. The maximum atomic E-state index is 16.7. The third-order valence-corrected chi connectivity index (χ3v) is 9.83. The van der Waals surface area contributed by atoms with E-state index in [9.17, 15) is 8.78 Å². The molecule has 224 valence electrons. The van der Waals surface area contributed by atoms with Gasteiger partial charge in [-0.3, -0.25) is 4.90 Å². The number of nitrogens with zero attached hydrogens (tertiary/aromatic N) is 4. The number of halogens is 4. The number of ether oxygens (including phenoxy) is 1. The minimum absolute atomic E-state index is 0.0163. The van der Waals surface area contributed by atoms with Gasteiger partial charge < -0.3 is 20.7 Å². The highest BCUT2D eigenvalue weighted by molar-refractivity contribution is 6.02. The van der Waals surface area contributed by atoms with Crippen molar-refractivity contribution in [3.63, 3.8) is 0 Å². The second-order valence-corrected chi connectivity index (χ2v) is 12.6. The average Bonchev–Trinajstić information content (AvgIpc) is 3.63. The van der Waals surface area contributed by atoms with E-state index in [2.05, 4.69) is 20.1 Å². The van der Waals surface area contributed by atoms with E-state index in [4.69, 9.17) is 15.5 Å². The van der Waals surface area contributed by atoms with Crippen LogP contribution in [0.2, 0.25) is 0 Å². The number of benzene rings is 3. The number of anilines is 2. The van der Waals surface area contributed by atoms with Crippen LogP contribution in [0.25, 0.3) is 32.8 Å². The zero-order valence-corrected chi connectivity index (χ0v) is 23.6. The number of rotatable bonds is 5. The van der Waals surface area contributed by atoms with Crippen LogP contribution in [0.4, 0.5) is 29.1 Å². The summed E-state index contributed by atoms with van der Waals surface area (Å²) in [5.41, 5.74) is 6.18. The third-order valence-electron chi connectivity index (χ3n) is 9.83. The highest BCUT2D eigenvalue weighted by atomic mass is 19.2. The molecule has 4 aliphatic rings. The summed E-state index contributed by atoms with van der Waals surface area (Å²) in [6.45, 7) is 2.82. The molecule has 1 aromatic heterocycles. The normalized spacial score (nSPS) is 27.0. The van der Waals surface area contributed by atoms with Gasteiger partial charge in [-0.2, -0.15) is 9.97 Å². The van der Waals surface area contributed by atoms with Gasteiger partial charge in [0.15, 0.2) is 17.5 Å². The lowest BCUT2D eigenvalue weighted by Gasteiger charge is -2.34. The summed E-state index contributed by atoms with van der Waals surface area (Å²) in [7, 11) is 0. The fraction of sp³-hybridized carbons (Fsp3) is 0.438. The molecule has 0 spiro atoms. The third kappa shape index (κ3) is 4.38. The first kappa shape index (κ1) is 26.9. The number of nitrogens with one attached hydrogen (secondary N) is 1. The zero-order chi connectivity index (χ0) is 29.5. The zero-order valence-electron chi connectivity index (χ0n) is 23.6. The van der Waals surface area contributed by atoms with Gasteiger partial charge >= 0.3 is 6.01 Å². The fourth-order valence-corrected chi connectivity index (χ4v) is 7.89. The van der Waals surface area contributed by atoms with Crippen LogP contribution < -0.4 is 20.7 Å². The predicted octanol–water partition coefficient (Wildman–Crippen LogP) is 5.35. The second-order valence-electron chi connectivity index (χ2n) is 12.6. The van der Waals surface area contributed by atoms with Crippen molar-refractivity contribution in [1.29, 1.82) is 0 Å². The Labute approximate surface area is 246 Å². The molecular formula is C32H32F4N6O. The van der Waals surface area contributed by atoms with Gasteiger partial charge in [-0.05, 0) is 67.4 Å². The monoisotopic (exact) mass is 592 g/mol. The summed E-state index contributed by atoms with van der Waals surface area (Å²) < 4.78 is 66.7. The number of alkyl halides is 1. The van der Waals surface area contributed by atoms with Gasteiger partial charge in [-0.15, -0.1) is 0 Å². The van der Waals surface area contributed by atoms with Crippen molar-refractivity contribution in [1.82, 2.24) is 20.2 Å². The van der Waals surface area contributed by atoms with E-state index in [0.29, 0.717) is 60.4 Å². The smallest absolute Gasteiger partial charge is 0.319 e. The van der Waals surface area contributed by atoms with E-state index in [1.54, 1.807) is 12.1 Å². The number of nitrogens with two attached hydrogens (primary N) is 1. The first-order chi connectivity index (χ1) is 20.8. The molecule has 4 aromatic rings. The number of fused-ring (bicyclic) bond motifs is 5. The Bertz CT molecular complexity index is 1760. The molecule has 3 aromatic carbocycles. The molecule has 3 N–H and O–H groups in total. The van der Waals surface area contributed by atoms with Crippen LogP contribution in [0.15, 0.2) is 36.4 Å². The Morgan fingerprint density at radius 3 is 2.60 bits per heavy atom. The van der Waals surface area contributed by atoms with E-state index in [1.807, 2.05) is 0 Å². The molecule has 4 atom stereocenters. The van der Waals surface area contributed by atoms with Gasteiger partial charge in [-0.1, -0.05) is 12.1 Å². The van der Waals surface area contributed by atoms with Crippen molar-refractivity contribution in [3.8, 4) is 17.1 Å². The molecular weight excluding hydrogens is 560 g/mol. The van der Waals surface area contributed by atoms with Crippen LogP contribution in [-0.2, 0) is 0 Å². The highest BCUT2D eigenvalue weighted by Gasteiger charge is 2.49. The van der Waals surface area contributed by atoms with Crippen molar-refractivity contribution in [2.75, 3.05) is 43.4 Å². The van der Waals surface area contributed by atoms with Crippen LogP contribution in [0, 0.1) is 17.5 Å². The SMILES string of the molecule is Nc1cc(-c2ccc3c(N4CC5CCC(C4)N5)nc(OCC45CCCN4CC(F)C5)nc3c2F)c2c(F)c(F)ccc2c1. The van der Waals surface area contributed by atoms with Crippen molar-refractivity contribution < 1.29 is 22.3 Å². The molecule has 0 amide bonds. The van der Waals surface area contributed by atoms with Crippen LogP contribution >= 0.6 is 0 Å². The Balaban J connectivity index is 1.26. The molecule has 11 heteroatoms. The summed E-state index contributed by atoms with van der Waals surface area (Å²) in [6, 6.07) is 9.34. The van der Waals surface area contributed by atoms with Crippen LogP contribution in [0.5, 0.6) is 6.01 Å². The molecule has 0 radical (unpaired) electrons. The summed E-state index contributed by atoms with van der Waals surface area (Å²) >= 11 is 0. The summed E-state index contributed by atoms with van der Waals surface area (Å²) in [4.78, 5) is 13.6. The molecule has 2 bridgehead atoms. The minimum atomic E-state index is -1.07. The molecule has 4 unspecified atom stereocenters. The quantitative estimate of drug-likeness (QED) is 0.239. The molecule has 43 heavy (non-hydrogen) atoms. The van der Waals surface area contributed by atoms with E-state index >= 15 is 8.78 Å². The van der Waals surface area contributed by atoms with E-state index < -0.39 is 29.2 Å². The molecule has 0 saturated carbocycles. The van der Waals surface area contributed by atoms with Crippen molar-refractivity contribution in [2.24, 2.45) is 0 Å². The van der Waals surface area contributed by atoms with Crippen molar-refractivity contribution in [3.05, 3.63) is 53.8 Å². The van der Waals surface area contributed by atoms with Gasteiger partial charge in [0, 0.05) is 60.2 Å². The lowest BCUT2D eigenvalue weighted by molar-refractivity contribution is 0.107. The standard InChI is InChI=1S/C32H32F4N6O/c33-18-12-32(8-1-9-42(32)13-18)16-43-31-39-29-23(30(40-31)41-14-20-3-4-21(15-41)38-20)6-5-22(27(29)35)24-11-19(37)10-17-2-7-25(34)28(36)26(17)24/h2,5-7,10-11,18,20-21,38H,1,3-4,8-9,12-16,37H2. The van der Waals surface area contributed by atoms with Gasteiger partial charge in [-0.25, -0.2) is 17.6 Å². The number of aromatic nitrogens is 2. The Hall–Kier alpha value is -3.70. The number of piperazine rings is 1. The predicted molar refractivity (Wildman–Crippen MR) is 157 cm³/mol. The lowest BCUT2D eigenvalue weighted by atomic mass is 9.95. The van der Waals surface area contributed by atoms with Gasteiger partial charge in [0.25, 0.3) is 0 Å². The average molecular weight is 593 g/mol. The number of nitrogen functional groups attached to an aromatic ring is 1. The topological polar surface area (TPSA) is 79.5 Å². The molecule has 4 saturated heterocycles. The lowest BCUT2D eigenvalue weighted by Crippen LogP contribution is -2.51. The first-order valence-electron chi connectivity index (χ1n) is 15.0. The highest BCUT2D eigenvalue weighted by Crippen LogP contribution is 2.42. The van der Waals surface area contributed by atoms with E-state index in [-0.39, 0.29) is 34.6 Å². The van der Waals surface area contributed by atoms with Gasteiger partial charge in [0.2, 0.25) is 0 Å². The maximum absolute atomic E-state index is 16.7. The van der Waals surface area contributed by atoms with Crippen molar-refractivity contribution >= 4 is 33.2 Å². The summed E-state index contributed by atoms with van der Waals surface area (Å²) in [6.07, 6.45) is 3.37. The van der Waals surface area contributed by atoms with Gasteiger partial charge in [0.05, 0.1) is 5.54 Å². The number of hydrogen-bond donors (Lipinski definition) is 2. The summed E-state index contributed by atoms with van der Waals surface area (Å²) in [5, 5.41) is 4.41. The van der Waals surface area contributed by atoms with E-state index in [0.717, 1.165) is 38.3 Å². The maximum Gasteiger partial charge on any atom is 0.319 e. The molecule has 5 heterocycles. The largest absolute Gasteiger partial charge is 0.461 e. The minimum Gasteiger partial charge on any atom is -0.461 e. The van der Waals surface area contributed by atoms with Crippen LogP contribution in [0.1, 0.15) is 32.1 Å². The van der Waals surface area contributed by atoms with E-state index in [1.165, 1.54) is 18.2 Å². The first-order valence-corrected chi connectivity index (χ1v) is 15.0. The number of hydrogen-bond acceptors (Lipinski definition) is 7. The second kappa shape index (κ2) is 9.92. The molecule has 7 nitrogen and oxygen atoms in total. The van der Waals surface area contributed by atoms with Gasteiger partial charge in [0.1, 0.15) is 24.1 Å². The van der Waals surface area contributed by atoms with Crippen LogP contribution in [-0.4, -0.2) is 71.4 Å². The molecule has 8 rings (SSSR count). The molecule has 4 fully saturated rings. The van der Waals surface area contributed by atoms with Crippen LogP contribution in [0.3, 0.4) is 0 Å². The van der Waals surface area contributed by atoms with Crippen molar-refractivity contribution in [2.45, 2.75) is 55.9 Å². The Morgan fingerprint density at radius 1 is 0.977 bits per heavy atom.